The molecule has 8 heteroatoms. The Morgan fingerprint density at radius 3 is 2.66 bits per heavy atom. The average Bonchev–Trinajstić information content (AvgIpc) is 3.66. The summed E-state index contributed by atoms with van der Waals surface area (Å²) in [5, 5.41) is 0.889. The van der Waals surface area contributed by atoms with E-state index >= 15 is 0 Å². The maximum absolute atomic E-state index is 13.9. The number of esters is 1. The number of ether oxygens (including phenoxy) is 1. The van der Waals surface area contributed by atoms with Gasteiger partial charge in [-0.1, -0.05) is 30.3 Å². The molecule has 6 rings (SSSR count). The van der Waals surface area contributed by atoms with Gasteiger partial charge < -0.3 is 13.9 Å². The fourth-order valence-corrected chi connectivity index (χ4v) is 6.32. The molecule has 1 aliphatic heterocycles. The van der Waals surface area contributed by atoms with Crippen molar-refractivity contribution in [3.05, 3.63) is 114 Å². The molecule has 0 N–H and O–H groups in total. The molecule has 0 spiro atoms. The van der Waals surface area contributed by atoms with E-state index < -0.39 is 0 Å². The number of ketones is 1. The van der Waals surface area contributed by atoms with Gasteiger partial charge in [-0.05, 0) is 41.5 Å². The SMILES string of the molecule is COC(=O)CCn1cc(C(=O)c2ccn3c2CSC3c2cccnc2)c2ccc(-c3ccc(F)cc3)cc21. The van der Waals surface area contributed by atoms with E-state index in [4.69, 9.17) is 4.74 Å². The van der Waals surface area contributed by atoms with Gasteiger partial charge in [0.2, 0.25) is 0 Å². The van der Waals surface area contributed by atoms with Crippen LogP contribution in [0.4, 0.5) is 4.39 Å². The first kappa shape index (κ1) is 24.2. The zero-order valence-electron chi connectivity index (χ0n) is 20.6. The Kier molecular flexibility index (Phi) is 6.33. The summed E-state index contributed by atoms with van der Waals surface area (Å²) >= 11 is 1.77. The first-order valence-electron chi connectivity index (χ1n) is 12.2. The molecule has 0 amide bonds. The number of aryl methyl sites for hydroxylation is 1. The topological polar surface area (TPSA) is 66.1 Å². The minimum Gasteiger partial charge on any atom is -0.469 e. The van der Waals surface area contributed by atoms with Gasteiger partial charge in [-0.25, -0.2) is 4.39 Å². The lowest BCUT2D eigenvalue weighted by molar-refractivity contribution is -0.140. The number of halogens is 1. The molecule has 6 nitrogen and oxygen atoms in total. The number of hydrogen-bond donors (Lipinski definition) is 0. The predicted molar refractivity (Wildman–Crippen MR) is 146 cm³/mol. The summed E-state index contributed by atoms with van der Waals surface area (Å²) < 4.78 is 22.4. The van der Waals surface area contributed by atoms with Crippen molar-refractivity contribution >= 4 is 34.4 Å². The van der Waals surface area contributed by atoms with Gasteiger partial charge in [-0.2, -0.15) is 0 Å². The van der Waals surface area contributed by atoms with Gasteiger partial charge >= 0.3 is 5.97 Å². The van der Waals surface area contributed by atoms with E-state index in [-0.39, 0.29) is 29.4 Å². The highest BCUT2D eigenvalue weighted by Gasteiger charge is 2.30. The molecule has 0 saturated carbocycles. The van der Waals surface area contributed by atoms with Gasteiger partial charge in [0.05, 0.1) is 13.5 Å². The van der Waals surface area contributed by atoms with Crippen molar-refractivity contribution in [3.63, 3.8) is 0 Å². The maximum atomic E-state index is 13.9. The molecule has 0 aliphatic carbocycles. The molecule has 0 saturated heterocycles. The van der Waals surface area contributed by atoms with E-state index in [0.717, 1.165) is 39.0 Å². The summed E-state index contributed by atoms with van der Waals surface area (Å²) in [6, 6.07) is 18.0. The van der Waals surface area contributed by atoms with Gasteiger partial charge in [-0.15, -0.1) is 11.8 Å². The minimum absolute atomic E-state index is 0.0532. The molecule has 0 bridgehead atoms. The normalized spacial score (nSPS) is 14.5. The molecule has 1 atom stereocenters. The number of carbonyl (C=O) groups excluding carboxylic acids is 2. The molecular weight excluding hydrogens is 501 g/mol. The van der Waals surface area contributed by atoms with Crippen LogP contribution in [0.15, 0.2) is 85.5 Å². The zero-order valence-corrected chi connectivity index (χ0v) is 21.5. The number of hydrogen-bond acceptors (Lipinski definition) is 5. The maximum Gasteiger partial charge on any atom is 0.307 e. The van der Waals surface area contributed by atoms with Crippen molar-refractivity contribution in [2.24, 2.45) is 0 Å². The number of fused-ring (bicyclic) bond motifs is 2. The summed E-state index contributed by atoms with van der Waals surface area (Å²) in [6.45, 7) is 0.371. The van der Waals surface area contributed by atoms with Crippen molar-refractivity contribution in [1.29, 1.82) is 0 Å². The van der Waals surface area contributed by atoms with Crippen LogP contribution in [0.1, 0.15) is 39.0 Å². The third-order valence-corrected chi connectivity index (χ3v) is 8.21. The van der Waals surface area contributed by atoms with E-state index in [1.165, 1.54) is 19.2 Å². The highest BCUT2D eigenvalue weighted by atomic mass is 32.2. The lowest BCUT2D eigenvalue weighted by atomic mass is 10.00. The fourth-order valence-electron chi connectivity index (χ4n) is 5.01. The van der Waals surface area contributed by atoms with Crippen LogP contribution in [0.2, 0.25) is 0 Å². The Morgan fingerprint density at radius 1 is 1.08 bits per heavy atom. The van der Waals surface area contributed by atoms with Crippen LogP contribution in [-0.4, -0.2) is 33.0 Å². The molecule has 1 aliphatic rings. The van der Waals surface area contributed by atoms with Crippen LogP contribution in [0.5, 0.6) is 0 Å². The largest absolute Gasteiger partial charge is 0.469 e. The van der Waals surface area contributed by atoms with Gasteiger partial charge in [0.1, 0.15) is 11.2 Å². The number of aromatic nitrogens is 3. The Labute approximate surface area is 223 Å². The quantitative estimate of drug-likeness (QED) is 0.186. The van der Waals surface area contributed by atoms with Gasteiger partial charge in [0, 0.05) is 70.4 Å². The Bertz CT molecular complexity index is 1660. The molecule has 1 unspecified atom stereocenters. The molecule has 38 heavy (non-hydrogen) atoms. The number of nitrogens with zero attached hydrogens (tertiary/aromatic N) is 3. The van der Waals surface area contributed by atoms with E-state index in [2.05, 4.69) is 15.6 Å². The van der Waals surface area contributed by atoms with Gasteiger partial charge in [0.25, 0.3) is 0 Å². The highest BCUT2D eigenvalue weighted by Crippen LogP contribution is 2.42. The van der Waals surface area contributed by atoms with Crippen molar-refractivity contribution in [1.82, 2.24) is 14.1 Å². The van der Waals surface area contributed by atoms with Crippen molar-refractivity contribution in [3.8, 4) is 11.1 Å². The van der Waals surface area contributed by atoms with Crippen molar-refractivity contribution < 1.29 is 18.7 Å². The Morgan fingerprint density at radius 2 is 1.89 bits per heavy atom. The molecule has 5 aromatic rings. The summed E-state index contributed by atoms with van der Waals surface area (Å²) in [5.74, 6) is 0.0532. The summed E-state index contributed by atoms with van der Waals surface area (Å²) in [4.78, 5) is 30.1. The smallest absolute Gasteiger partial charge is 0.307 e. The number of pyridine rings is 1. The van der Waals surface area contributed by atoms with Crippen molar-refractivity contribution in [2.45, 2.75) is 24.1 Å². The molecule has 3 aromatic heterocycles. The first-order valence-corrected chi connectivity index (χ1v) is 13.3. The molecule has 190 valence electrons. The third kappa shape index (κ3) is 4.31. The van der Waals surface area contributed by atoms with Crippen LogP contribution in [0, 0.1) is 5.82 Å². The van der Waals surface area contributed by atoms with Crippen LogP contribution in [0.3, 0.4) is 0 Å². The number of rotatable bonds is 7. The van der Waals surface area contributed by atoms with Crippen LogP contribution < -0.4 is 0 Å². The highest BCUT2D eigenvalue weighted by molar-refractivity contribution is 7.99. The van der Waals surface area contributed by atoms with E-state index in [0.29, 0.717) is 17.7 Å². The fraction of sp³-hybridized carbons (Fsp3) is 0.167. The second-order valence-corrected chi connectivity index (χ2v) is 10.2. The van der Waals surface area contributed by atoms with E-state index in [1.807, 2.05) is 53.5 Å². The summed E-state index contributed by atoms with van der Waals surface area (Å²) in [7, 11) is 1.36. The number of methoxy groups -OCH3 is 1. The monoisotopic (exact) mass is 525 g/mol. The number of benzene rings is 2. The molecule has 0 fully saturated rings. The Hall–Kier alpha value is -4.17. The summed E-state index contributed by atoms with van der Waals surface area (Å²) in [6.07, 6.45) is 7.60. The van der Waals surface area contributed by atoms with Gasteiger partial charge in [-0.3, -0.25) is 14.6 Å². The van der Waals surface area contributed by atoms with Gasteiger partial charge in [0.15, 0.2) is 5.78 Å². The zero-order chi connectivity index (χ0) is 26.2. The second kappa shape index (κ2) is 9.95. The molecular formula is C30H24FN3O3S. The van der Waals surface area contributed by atoms with E-state index in [1.54, 1.807) is 30.1 Å². The molecule has 4 heterocycles. The second-order valence-electron chi connectivity index (χ2n) is 9.16. The predicted octanol–water partition coefficient (Wildman–Crippen LogP) is 6.23. The number of thioether (sulfide) groups is 1. The molecule has 2 aromatic carbocycles. The lowest BCUT2D eigenvalue weighted by Crippen LogP contribution is -2.07. The van der Waals surface area contributed by atoms with Crippen LogP contribution >= 0.6 is 11.8 Å². The number of carbonyl (C=O) groups is 2. The summed E-state index contributed by atoms with van der Waals surface area (Å²) in [5.41, 5.74) is 5.95. The standard InChI is InChI=1S/C30H24FN3O3S/c1-37-28(35)11-13-33-17-25(23-9-6-20(15-26(23)33)19-4-7-22(31)8-5-19)29(36)24-10-14-34-27(24)18-38-30(34)21-3-2-12-32-16-21/h2-10,12,14-17,30H,11,13,18H2,1H3. The van der Waals surface area contributed by atoms with E-state index in [9.17, 15) is 14.0 Å². The third-order valence-electron chi connectivity index (χ3n) is 6.96. The van der Waals surface area contributed by atoms with Crippen molar-refractivity contribution in [2.75, 3.05) is 7.11 Å². The average molecular weight is 526 g/mol. The lowest BCUT2D eigenvalue weighted by Gasteiger charge is -2.11. The Balaban J connectivity index is 1.40. The van der Waals surface area contributed by atoms with Crippen LogP contribution in [-0.2, 0) is 21.8 Å². The van der Waals surface area contributed by atoms with Crippen LogP contribution in [0.25, 0.3) is 22.0 Å². The molecule has 0 radical (unpaired) electrons. The first-order chi connectivity index (χ1) is 18.5. The minimum atomic E-state index is -0.321.